The molecule has 0 aliphatic heterocycles. The van der Waals surface area contributed by atoms with Gasteiger partial charge in [-0.15, -0.1) is 0 Å². The zero-order valence-corrected chi connectivity index (χ0v) is 10.4. The molecule has 4 heteroatoms. The Balaban J connectivity index is 2.79. The van der Waals surface area contributed by atoms with Crippen molar-refractivity contribution in [3.8, 4) is 0 Å². The third-order valence-electron chi connectivity index (χ3n) is 2.43. The molecule has 0 saturated carbocycles. The van der Waals surface area contributed by atoms with Crippen molar-refractivity contribution >= 4 is 5.91 Å². The lowest BCUT2D eigenvalue weighted by molar-refractivity contribution is -0.133. The van der Waals surface area contributed by atoms with Gasteiger partial charge in [-0.05, 0) is 19.4 Å². The van der Waals surface area contributed by atoms with Crippen molar-refractivity contribution in [2.24, 2.45) is 0 Å². The van der Waals surface area contributed by atoms with Gasteiger partial charge in [-0.3, -0.25) is 4.79 Å². The number of carbonyl (C=O) groups is 1. The molecule has 0 bridgehead atoms. The predicted octanol–water partition coefficient (Wildman–Crippen LogP) is 1.26. The number of carbonyl (C=O) groups excluding carboxylic acids is 1. The first-order valence-corrected chi connectivity index (χ1v) is 5.51. The molecule has 0 aliphatic carbocycles. The fourth-order valence-corrected chi connectivity index (χ4v) is 1.46. The van der Waals surface area contributed by atoms with Crippen LogP contribution < -0.4 is 5.32 Å². The van der Waals surface area contributed by atoms with Crippen molar-refractivity contribution in [1.82, 2.24) is 5.32 Å². The lowest BCUT2D eigenvalue weighted by Gasteiger charge is -2.26. The summed E-state index contributed by atoms with van der Waals surface area (Å²) in [6.07, 6.45) is -0.651. The average Bonchev–Trinajstić information content (AvgIpc) is 2.31. The van der Waals surface area contributed by atoms with E-state index in [2.05, 4.69) is 5.32 Å². The van der Waals surface area contributed by atoms with Crippen LogP contribution in [0.25, 0.3) is 0 Å². The molecule has 0 spiro atoms. The van der Waals surface area contributed by atoms with E-state index >= 15 is 0 Å². The van der Waals surface area contributed by atoms with E-state index in [1.165, 1.54) is 7.11 Å². The van der Waals surface area contributed by atoms with Gasteiger partial charge in [-0.2, -0.15) is 0 Å². The summed E-state index contributed by atoms with van der Waals surface area (Å²) in [4.78, 5) is 12.0. The molecule has 94 valence electrons. The number of ether oxygens (including phenoxy) is 1. The van der Waals surface area contributed by atoms with Crippen LogP contribution in [-0.2, 0) is 9.53 Å². The number of benzene rings is 1. The van der Waals surface area contributed by atoms with Gasteiger partial charge in [0, 0.05) is 7.11 Å². The normalized spacial score (nSPS) is 13.2. The van der Waals surface area contributed by atoms with E-state index in [9.17, 15) is 4.79 Å². The van der Waals surface area contributed by atoms with E-state index in [1.807, 2.05) is 30.3 Å². The Morgan fingerprint density at radius 2 is 2.00 bits per heavy atom. The first kappa shape index (κ1) is 13.7. The van der Waals surface area contributed by atoms with Crippen LogP contribution in [0.5, 0.6) is 0 Å². The van der Waals surface area contributed by atoms with Crippen molar-refractivity contribution in [3.05, 3.63) is 35.9 Å². The largest absolute Gasteiger partial charge is 0.394 e. The minimum Gasteiger partial charge on any atom is -0.394 e. The summed E-state index contributed by atoms with van der Waals surface area (Å²) in [6, 6.07) is 9.25. The van der Waals surface area contributed by atoms with Gasteiger partial charge in [0.15, 0.2) is 6.10 Å². The topological polar surface area (TPSA) is 58.6 Å². The van der Waals surface area contributed by atoms with E-state index in [0.29, 0.717) is 0 Å². The van der Waals surface area contributed by atoms with Crippen molar-refractivity contribution < 1.29 is 14.6 Å². The Labute approximate surface area is 102 Å². The summed E-state index contributed by atoms with van der Waals surface area (Å²) >= 11 is 0. The van der Waals surface area contributed by atoms with E-state index in [-0.39, 0.29) is 12.5 Å². The van der Waals surface area contributed by atoms with Gasteiger partial charge < -0.3 is 15.2 Å². The lowest BCUT2D eigenvalue weighted by Crippen LogP contribution is -2.48. The molecule has 2 N–H and O–H groups in total. The molecule has 1 aromatic rings. The molecular formula is C13H19NO3. The van der Waals surface area contributed by atoms with Gasteiger partial charge in [-0.25, -0.2) is 0 Å². The van der Waals surface area contributed by atoms with E-state index < -0.39 is 11.6 Å². The molecule has 0 aliphatic rings. The Morgan fingerprint density at radius 3 is 2.47 bits per heavy atom. The average molecular weight is 237 g/mol. The molecular weight excluding hydrogens is 218 g/mol. The first-order chi connectivity index (χ1) is 8.00. The Morgan fingerprint density at radius 1 is 1.41 bits per heavy atom. The fraction of sp³-hybridized carbons (Fsp3) is 0.462. The van der Waals surface area contributed by atoms with E-state index in [4.69, 9.17) is 9.84 Å². The zero-order chi connectivity index (χ0) is 12.9. The summed E-state index contributed by atoms with van der Waals surface area (Å²) in [5, 5.41) is 11.9. The van der Waals surface area contributed by atoms with Gasteiger partial charge in [0.2, 0.25) is 0 Å². The summed E-state index contributed by atoms with van der Waals surface area (Å²) in [5.74, 6) is -0.252. The van der Waals surface area contributed by atoms with Crippen LogP contribution >= 0.6 is 0 Å². The summed E-state index contributed by atoms with van der Waals surface area (Å²) < 4.78 is 5.19. The maximum absolute atomic E-state index is 12.0. The molecule has 1 rings (SSSR count). The number of nitrogens with one attached hydrogen (secondary N) is 1. The summed E-state index contributed by atoms with van der Waals surface area (Å²) in [6.45, 7) is 3.38. The monoisotopic (exact) mass is 237 g/mol. The standard InChI is InChI=1S/C13H19NO3/c1-13(2,9-15)14-12(16)11(17-3)10-7-5-4-6-8-10/h4-8,11,15H,9H2,1-3H3,(H,14,16). The van der Waals surface area contributed by atoms with Gasteiger partial charge >= 0.3 is 0 Å². The molecule has 0 fully saturated rings. The van der Waals surface area contributed by atoms with Crippen LogP contribution in [-0.4, -0.2) is 30.3 Å². The SMILES string of the molecule is COC(C(=O)NC(C)(C)CO)c1ccccc1. The third-order valence-corrected chi connectivity index (χ3v) is 2.43. The van der Waals surface area contributed by atoms with Crippen LogP contribution in [0.15, 0.2) is 30.3 Å². The zero-order valence-electron chi connectivity index (χ0n) is 10.4. The highest BCUT2D eigenvalue weighted by Gasteiger charge is 2.26. The molecule has 0 heterocycles. The summed E-state index contributed by atoms with van der Waals surface area (Å²) in [7, 11) is 1.49. The highest BCUT2D eigenvalue weighted by molar-refractivity contribution is 5.82. The Hall–Kier alpha value is -1.39. The second kappa shape index (κ2) is 5.80. The second-order valence-corrected chi connectivity index (χ2v) is 4.56. The number of methoxy groups -OCH3 is 1. The van der Waals surface area contributed by atoms with Crippen LogP contribution in [0, 0.1) is 0 Å². The number of hydrogen-bond acceptors (Lipinski definition) is 3. The molecule has 0 radical (unpaired) electrons. The molecule has 1 unspecified atom stereocenters. The quantitative estimate of drug-likeness (QED) is 0.810. The third kappa shape index (κ3) is 3.84. The Kier molecular flexibility index (Phi) is 4.66. The van der Waals surface area contributed by atoms with Crippen molar-refractivity contribution in [2.45, 2.75) is 25.5 Å². The fourth-order valence-electron chi connectivity index (χ4n) is 1.46. The lowest BCUT2D eigenvalue weighted by atomic mass is 10.0. The van der Waals surface area contributed by atoms with Crippen LogP contribution in [0.1, 0.15) is 25.5 Å². The first-order valence-electron chi connectivity index (χ1n) is 5.51. The molecule has 1 aromatic carbocycles. The highest BCUT2D eigenvalue weighted by atomic mass is 16.5. The smallest absolute Gasteiger partial charge is 0.254 e. The molecule has 0 aromatic heterocycles. The number of rotatable bonds is 5. The predicted molar refractivity (Wildman–Crippen MR) is 65.5 cm³/mol. The Bertz CT molecular complexity index is 362. The van der Waals surface area contributed by atoms with E-state index in [1.54, 1.807) is 13.8 Å². The van der Waals surface area contributed by atoms with Gasteiger partial charge in [0.25, 0.3) is 5.91 Å². The molecule has 4 nitrogen and oxygen atoms in total. The van der Waals surface area contributed by atoms with Crippen LogP contribution in [0.4, 0.5) is 0 Å². The molecule has 0 saturated heterocycles. The van der Waals surface area contributed by atoms with Gasteiger partial charge in [-0.1, -0.05) is 30.3 Å². The maximum atomic E-state index is 12.0. The molecule has 17 heavy (non-hydrogen) atoms. The minimum absolute atomic E-state index is 0.121. The minimum atomic E-state index is -0.651. The number of aliphatic hydroxyl groups is 1. The van der Waals surface area contributed by atoms with Gasteiger partial charge in [0.05, 0.1) is 12.1 Å². The molecule has 1 atom stereocenters. The van der Waals surface area contributed by atoms with Crippen LogP contribution in [0.2, 0.25) is 0 Å². The summed E-state index contributed by atoms with van der Waals surface area (Å²) in [5.41, 5.74) is 0.143. The van der Waals surface area contributed by atoms with Crippen molar-refractivity contribution in [3.63, 3.8) is 0 Å². The van der Waals surface area contributed by atoms with Crippen molar-refractivity contribution in [1.29, 1.82) is 0 Å². The van der Waals surface area contributed by atoms with Crippen molar-refractivity contribution in [2.75, 3.05) is 13.7 Å². The second-order valence-electron chi connectivity index (χ2n) is 4.56. The number of aliphatic hydroxyl groups excluding tert-OH is 1. The van der Waals surface area contributed by atoms with Gasteiger partial charge in [0.1, 0.15) is 0 Å². The number of amides is 1. The highest BCUT2D eigenvalue weighted by Crippen LogP contribution is 2.17. The molecule has 1 amide bonds. The maximum Gasteiger partial charge on any atom is 0.254 e. The van der Waals surface area contributed by atoms with E-state index in [0.717, 1.165) is 5.56 Å². The number of hydrogen-bond donors (Lipinski definition) is 2. The van der Waals surface area contributed by atoms with Crippen LogP contribution in [0.3, 0.4) is 0 Å².